The van der Waals surface area contributed by atoms with Gasteiger partial charge in [-0.3, -0.25) is 4.79 Å². The van der Waals surface area contributed by atoms with Crippen LogP contribution in [-0.2, 0) is 4.79 Å². The van der Waals surface area contributed by atoms with Crippen molar-refractivity contribution in [3.05, 3.63) is 28.5 Å². The number of amides is 1. The maximum atomic E-state index is 13.4. The minimum atomic E-state index is -0.737. The zero-order valence-corrected chi connectivity index (χ0v) is 11.0. The highest BCUT2D eigenvalue weighted by Gasteiger charge is 2.25. The van der Waals surface area contributed by atoms with Crippen LogP contribution in [-0.4, -0.2) is 18.5 Å². The first-order valence-corrected chi connectivity index (χ1v) is 5.61. The van der Waals surface area contributed by atoms with Crippen LogP contribution in [0.1, 0.15) is 13.8 Å². The van der Waals surface area contributed by atoms with E-state index in [0.717, 1.165) is 0 Å². The molecule has 16 heavy (non-hydrogen) atoms. The number of hydrogen-bond donors (Lipinski definition) is 2. The van der Waals surface area contributed by atoms with Crippen LogP contribution in [0.5, 0.6) is 0 Å². The van der Waals surface area contributed by atoms with Gasteiger partial charge in [0.15, 0.2) is 0 Å². The zero-order valence-electron chi connectivity index (χ0n) is 9.40. The molecule has 0 bridgehead atoms. The first-order valence-electron chi connectivity index (χ1n) is 4.82. The van der Waals surface area contributed by atoms with Gasteiger partial charge in [-0.1, -0.05) is 15.9 Å². The predicted octanol–water partition coefficient (Wildman–Crippen LogP) is 2.52. The Morgan fingerprint density at radius 1 is 1.44 bits per heavy atom. The fourth-order valence-electron chi connectivity index (χ4n) is 0.983. The molecule has 0 unspecified atom stereocenters. The Morgan fingerprint density at radius 2 is 2.06 bits per heavy atom. The summed E-state index contributed by atoms with van der Waals surface area (Å²) in [5, 5.41) is 5.38. The third-order valence-electron chi connectivity index (χ3n) is 2.37. The standard InChI is InChI=1S/C11H14BrFN2O/c1-11(2,14-3)10(16)15-9-5-4-7(12)6-8(9)13/h4-6,14H,1-3H3,(H,15,16). The highest BCUT2D eigenvalue weighted by Crippen LogP contribution is 2.20. The van der Waals surface area contributed by atoms with E-state index in [4.69, 9.17) is 0 Å². The summed E-state index contributed by atoms with van der Waals surface area (Å²) in [5.74, 6) is -0.745. The molecule has 0 saturated heterocycles. The molecule has 1 aromatic rings. The van der Waals surface area contributed by atoms with Crippen molar-refractivity contribution in [2.45, 2.75) is 19.4 Å². The summed E-state index contributed by atoms with van der Waals surface area (Å²) in [7, 11) is 1.68. The molecule has 0 atom stereocenters. The van der Waals surface area contributed by atoms with Gasteiger partial charge in [0.2, 0.25) is 5.91 Å². The monoisotopic (exact) mass is 288 g/mol. The Labute approximate surface area is 103 Å². The summed E-state index contributed by atoms with van der Waals surface area (Å²) in [6, 6.07) is 4.50. The quantitative estimate of drug-likeness (QED) is 0.897. The molecule has 88 valence electrons. The van der Waals surface area contributed by atoms with E-state index >= 15 is 0 Å². The first kappa shape index (κ1) is 13.1. The van der Waals surface area contributed by atoms with Gasteiger partial charge in [0, 0.05) is 4.47 Å². The van der Waals surface area contributed by atoms with Crippen molar-refractivity contribution in [3.8, 4) is 0 Å². The molecule has 0 aliphatic rings. The number of nitrogens with one attached hydrogen (secondary N) is 2. The van der Waals surface area contributed by atoms with E-state index in [1.54, 1.807) is 27.0 Å². The molecule has 0 radical (unpaired) electrons. The third kappa shape index (κ3) is 3.02. The fraction of sp³-hybridized carbons (Fsp3) is 0.364. The lowest BCUT2D eigenvalue weighted by Gasteiger charge is -2.22. The van der Waals surface area contributed by atoms with Gasteiger partial charge in [-0.05, 0) is 39.1 Å². The van der Waals surface area contributed by atoms with E-state index in [-0.39, 0.29) is 11.6 Å². The van der Waals surface area contributed by atoms with Crippen LogP contribution in [0.25, 0.3) is 0 Å². The molecule has 0 heterocycles. The molecule has 0 aliphatic heterocycles. The largest absolute Gasteiger partial charge is 0.322 e. The summed E-state index contributed by atoms with van der Waals surface area (Å²) in [4.78, 5) is 11.8. The van der Waals surface area contributed by atoms with Crippen LogP contribution in [0, 0.1) is 5.82 Å². The van der Waals surface area contributed by atoms with Crippen molar-refractivity contribution in [2.24, 2.45) is 0 Å². The van der Waals surface area contributed by atoms with E-state index in [0.29, 0.717) is 4.47 Å². The second kappa shape index (κ2) is 4.93. The number of halogens is 2. The number of benzene rings is 1. The Bertz CT molecular complexity index is 407. The summed E-state index contributed by atoms with van der Waals surface area (Å²) < 4.78 is 14.1. The third-order valence-corrected chi connectivity index (χ3v) is 2.87. The molecule has 5 heteroatoms. The van der Waals surface area contributed by atoms with E-state index in [1.165, 1.54) is 12.1 Å². The maximum Gasteiger partial charge on any atom is 0.244 e. The Kier molecular flexibility index (Phi) is 4.04. The van der Waals surface area contributed by atoms with Gasteiger partial charge >= 0.3 is 0 Å². The average Bonchev–Trinajstić information content (AvgIpc) is 2.22. The van der Waals surface area contributed by atoms with Gasteiger partial charge in [0.25, 0.3) is 0 Å². The van der Waals surface area contributed by atoms with Gasteiger partial charge in [-0.25, -0.2) is 4.39 Å². The molecule has 1 rings (SSSR count). The van der Waals surface area contributed by atoms with Gasteiger partial charge in [-0.2, -0.15) is 0 Å². The SMILES string of the molecule is CNC(C)(C)C(=O)Nc1ccc(Br)cc1F. The molecule has 1 amide bonds. The summed E-state index contributed by atoms with van der Waals surface area (Å²) in [6.45, 7) is 3.44. The van der Waals surface area contributed by atoms with E-state index in [1.807, 2.05) is 0 Å². The number of hydrogen-bond acceptors (Lipinski definition) is 2. The van der Waals surface area contributed by atoms with Gasteiger partial charge in [-0.15, -0.1) is 0 Å². The minimum Gasteiger partial charge on any atom is -0.322 e. The average molecular weight is 289 g/mol. The second-order valence-corrected chi connectivity index (χ2v) is 4.87. The topological polar surface area (TPSA) is 41.1 Å². The maximum absolute atomic E-state index is 13.4. The first-order chi connectivity index (χ1) is 7.36. The van der Waals surface area contributed by atoms with Gasteiger partial charge in [0.1, 0.15) is 5.82 Å². The lowest BCUT2D eigenvalue weighted by Crippen LogP contribution is -2.48. The molecule has 1 aromatic carbocycles. The van der Waals surface area contributed by atoms with Gasteiger partial charge < -0.3 is 10.6 Å². The fourth-order valence-corrected chi connectivity index (χ4v) is 1.32. The molecular weight excluding hydrogens is 275 g/mol. The zero-order chi connectivity index (χ0) is 12.3. The summed E-state index contributed by atoms with van der Waals surface area (Å²) in [6.07, 6.45) is 0. The smallest absolute Gasteiger partial charge is 0.244 e. The van der Waals surface area contributed by atoms with Crippen LogP contribution in [0.15, 0.2) is 22.7 Å². The van der Waals surface area contributed by atoms with Crippen LogP contribution >= 0.6 is 15.9 Å². The van der Waals surface area contributed by atoms with Crippen LogP contribution in [0.4, 0.5) is 10.1 Å². The Morgan fingerprint density at radius 3 is 2.56 bits per heavy atom. The molecule has 0 fully saturated rings. The lowest BCUT2D eigenvalue weighted by atomic mass is 10.1. The van der Waals surface area contributed by atoms with Crippen molar-refractivity contribution in [1.82, 2.24) is 5.32 Å². The molecule has 2 N–H and O–H groups in total. The number of carbonyl (C=O) groups is 1. The van der Waals surface area contributed by atoms with Crippen molar-refractivity contribution >= 4 is 27.5 Å². The highest BCUT2D eigenvalue weighted by molar-refractivity contribution is 9.10. The predicted molar refractivity (Wildman–Crippen MR) is 65.9 cm³/mol. The van der Waals surface area contributed by atoms with Gasteiger partial charge in [0.05, 0.1) is 11.2 Å². The molecule has 0 aromatic heterocycles. The number of rotatable bonds is 3. The van der Waals surface area contributed by atoms with Crippen LogP contribution in [0.2, 0.25) is 0 Å². The highest BCUT2D eigenvalue weighted by atomic mass is 79.9. The van der Waals surface area contributed by atoms with Crippen molar-refractivity contribution < 1.29 is 9.18 Å². The number of likely N-dealkylation sites (N-methyl/N-ethyl adjacent to an activating group) is 1. The van der Waals surface area contributed by atoms with E-state index in [9.17, 15) is 9.18 Å². The van der Waals surface area contributed by atoms with Crippen molar-refractivity contribution in [2.75, 3.05) is 12.4 Å². The molecule has 0 spiro atoms. The molecular formula is C11H14BrFN2O. The second-order valence-electron chi connectivity index (χ2n) is 3.95. The molecule has 0 aliphatic carbocycles. The lowest BCUT2D eigenvalue weighted by molar-refractivity contribution is -0.121. The van der Waals surface area contributed by atoms with E-state index in [2.05, 4.69) is 26.6 Å². The van der Waals surface area contributed by atoms with E-state index < -0.39 is 11.4 Å². The Balaban J connectivity index is 2.85. The number of carbonyl (C=O) groups excluding carboxylic acids is 1. The van der Waals surface area contributed by atoms with Crippen LogP contribution < -0.4 is 10.6 Å². The number of anilines is 1. The Hall–Kier alpha value is -0.940. The minimum absolute atomic E-state index is 0.177. The van der Waals surface area contributed by atoms with Crippen LogP contribution in [0.3, 0.4) is 0 Å². The summed E-state index contributed by atoms with van der Waals surface area (Å²) >= 11 is 3.15. The molecule has 3 nitrogen and oxygen atoms in total. The summed E-state index contributed by atoms with van der Waals surface area (Å²) in [5.41, 5.74) is -0.559. The van der Waals surface area contributed by atoms with Crippen molar-refractivity contribution in [1.29, 1.82) is 0 Å². The van der Waals surface area contributed by atoms with Crippen molar-refractivity contribution in [3.63, 3.8) is 0 Å². The molecule has 0 saturated carbocycles. The normalized spacial score (nSPS) is 11.3.